The number of amides is 2. The number of imide groups is 1. The molecule has 7 rings (SSSR count). The molecule has 1 saturated heterocycles. The van der Waals surface area contributed by atoms with Crippen LogP contribution in [0.3, 0.4) is 0 Å². The Morgan fingerprint density at radius 3 is 2.46 bits per heavy atom. The molecule has 2 heterocycles. The Balaban J connectivity index is 1.02. The number of benzene rings is 1. The quantitative estimate of drug-likeness (QED) is 0.298. The molecule has 7 nitrogen and oxygen atoms in total. The summed E-state index contributed by atoms with van der Waals surface area (Å²) in [5.41, 5.74) is 1.41. The number of carbonyl (C=O) groups is 2. The van der Waals surface area contributed by atoms with Crippen LogP contribution in [0.5, 0.6) is 0 Å². The highest BCUT2D eigenvalue weighted by Gasteiger charge is 2.50. The molecule has 5 aliphatic rings. The fourth-order valence-electron chi connectivity index (χ4n) is 8.28. The first-order chi connectivity index (χ1) is 18.9. The van der Waals surface area contributed by atoms with Gasteiger partial charge >= 0.3 is 0 Å². The van der Waals surface area contributed by atoms with Crippen LogP contribution >= 0.6 is 0 Å². The lowest BCUT2D eigenvalue weighted by Gasteiger charge is -2.57. The van der Waals surface area contributed by atoms with E-state index in [1.165, 1.54) is 55.9 Å². The van der Waals surface area contributed by atoms with E-state index in [4.69, 9.17) is 0 Å². The number of nitrogens with one attached hydrogen (secondary N) is 2. The Hall–Kier alpha value is -2.98. The van der Waals surface area contributed by atoms with Crippen molar-refractivity contribution < 1.29 is 9.59 Å². The van der Waals surface area contributed by atoms with E-state index in [-0.39, 0.29) is 17.9 Å². The molecular formula is C32H40N4O3. The Bertz CT molecular complexity index is 1360. The summed E-state index contributed by atoms with van der Waals surface area (Å²) in [4.78, 5) is 42.2. The first-order valence-electron chi connectivity index (χ1n) is 15.0. The van der Waals surface area contributed by atoms with E-state index in [1.807, 2.05) is 12.1 Å². The normalized spacial score (nSPS) is 29.4. The number of carbonyl (C=O) groups excluding carboxylic acids is 2. The summed E-state index contributed by atoms with van der Waals surface area (Å²) in [7, 11) is 0. The van der Waals surface area contributed by atoms with Crippen LogP contribution < -0.4 is 16.2 Å². The molecule has 2 N–H and O–H groups in total. The molecule has 0 spiro atoms. The Labute approximate surface area is 230 Å². The average Bonchev–Trinajstić information content (AvgIpc) is 2.88. The van der Waals surface area contributed by atoms with Crippen LogP contribution in [0.4, 0.5) is 0 Å². The van der Waals surface area contributed by atoms with Crippen LogP contribution in [-0.2, 0) is 9.59 Å². The SMILES string of the molecule is Cc1nc2cccc(C#CCCCCCCNC34CC5CC(CC(C5)C3)C4)c2c(=O)n1[C@@H]1CCC(=O)NC1=O. The minimum atomic E-state index is -0.731. The molecule has 1 aromatic heterocycles. The number of aryl methyl sites for hydroxylation is 1. The molecule has 1 aromatic carbocycles. The van der Waals surface area contributed by atoms with Gasteiger partial charge in [-0.2, -0.15) is 0 Å². The lowest BCUT2D eigenvalue weighted by atomic mass is 9.53. The second-order valence-electron chi connectivity index (χ2n) is 12.6. The van der Waals surface area contributed by atoms with E-state index in [2.05, 4.69) is 27.5 Å². The summed E-state index contributed by atoms with van der Waals surface area (Å²) in [6, 6.07) is 4.79. The maximum atomic E-state index is 13.5. The highest BCUT2D eigenvalue weighted by Crippen LogP contribution is 2.55. The lowest BCUT2D eigenvalue weighted by molar-refractivity contribution is -0.135. The number of rotatable bonds is 8. The lowest BCUT2D eigenvalue weighted by Crippen LogP contribution is -2.58. The largest absolute Gasteiger partial charge is 0.311 e. The predicted octanol–water partition coefficient (Wildman–Crippen LogP) is 4.54. The first-order valence-corrected chi connectivity index (χ1v) is 15.0. The van der Waals surface area contributed by atoms with Crippen LogP contribution in [0.15, 0.2) is 23.0 Å². The zero-order valence-electron chi connectivity index (χ0n) is 23.1. The van der Waals surface area contributed by atoms with Crippen molar-refractivity contribution in [3.8, 4) is 11.8 Å². The van der Waals surface area contributed by atoms with Gasteiger partial charge in [0, 0.05) is 23.9 Å². The summed E-state index contributed by atoms with van der Waals surface area (Å²) in [6.07, 6.45) is 14.7. The predicted molar refractivity (Wildman–Crippen MR) is 151 cm³/mol. The number of nitrogens with zero attached hydrogens (tertiary/aromatic N) is 2. The van der Waals surface area contributed by atoms with Crippen molar-refractivity contribution in [1.29, 1.82) is 0 Å². The molecule has 0 radical (unpaired) electrons. The second-order valence-corrected chi connectivity index (χ2v) is 12.6. The fraction of sp³-hybridized carbons (Fsp3) is 0.625. The molecule has 4 aliphatic carbocycles. The van der Waals surface area contributed by atoms with Gasteiger partial charge in [0.25, 0.3) is 5.56 Å². The monoisotopic (exact) mass is 528 g/mol. The fourth-order valence-corrected chi connectivity index (χ4v) is 8.28. The van der Waals surface area contributed by atoms with E-state index in [9.17, 15) is 14.4 Å². The van der Waals surface area contributed by atoms with Gasteiger partial charge in [0.05, 0.1) is 10.9 Å². The molecule has 39 heavy (non-hydrogen) atoms. The molecule has 2 aromatic rings. The van der Waals surface area contributed by atoms with Crippen molar-refractivity contribution >= 4 is 22.7 Å². The topological polar surface area (TPSA) is 93.1 Å². The number of piperidine rings is 1. The van der Waals surface area contributed by atoms with E-state index >= 15 is 0 Å². The van der Waals surface area contributed by atoms with Crippen LogP contribution in [0.25, 0.3) is 10.9 Å². The molecular weight excluding hydrogens is 488 g/mol. The molecule has 4 bridgehead atoms. The highest BCUT2D eigenvalue weighted by molar-refractivity contribution is 5.99. The number of hydrogen-bond acceptors (Lipinski definition) is 5. The Morgan fingerprint density at radius 1 is 1.03 bits per heavy atom. The van der Waals surface area contributed by atoms with Gasteiger partial charge in [-0.15, -0.1) is 0 Å². The third-order valence-corrected chi connectivity index (χ3v) is 9.62. The van der Waals surface area contributed by atoms with Crippen molar-refractivity contribution in [3.05, 3.63) is 39.9 Å². The molecule has 2 amide bonds. The van der Waals surface area contributed by atoms with E-state index < -0.39 is 11.9 Å². The van der Waals surface area contributed by atoms with E-state index in [0.717, 1.165) is 43.6 Å². The molecule has 1 atom stereocenters. The van der Waals surface area contributed by atoms with Gasteiger partial charge < -0.3 is 5.32 Å². The van der Waals surface area contributed by atoms with Crippen molar-refractivity contribution in [2.24, 2.45) is 17.8 Å². The van der Waals surface area contributed by atoms with Crippen LogP contribution in [0, 0.1) is 36.5 Å². The van der Waals surface area contributed by atoms with Crippen molar-refractivity contribution in [2.45, 2.75) is 102 Å². The van der Waals surface area contributed by atoms with Crippen molar-refractivity contribution in [3.63, 3.8) is 0 Å². The number of hydrogen-bond donors (Lipinski definition) is 2. The maximum absolute atomic E-state index is 13.5. The summed E-state index contributed by atoms with van der Waals surface area (Å²) < 4.78 is 1.42. The Morgan fingerprint density at radius 2 is 1.74 bits per heavy atom. The van der Waals surface area contributed by atoms with E-state index in [0.29, 0.717) is 34.3 Å². The van der Waals surface area contributed by atoms with Crippen LogP contribution in [0.2, 0.25) is 0 Å². The zero-order valence-corrected chi connectivity index (χ0v) is 23.1. The van der Waals surface area contributed by atoms with Gasteiger partial charge in [0.2, 0.25) is 11.8 Å². The minimum Gasteiger partial charge on any atom is -0.311 e. The standard InChI is InChI=1S/C32H40N4O3/c1-21-34-26-11-8-10-25(29(26)31(39)36(21)27-12-13-28(37)35-30(27)38)9-6-4-2-3-5-7-14-33-32-18-22-15-23(19-32)17-24(16-22)20-32/h8,10-11,22-24,27,33H,2-5,7,12-20H2,1H3,(H,35,37,38)/t22?,23?,24?,27-,32?/m1/s1. The van der Waals surface area contributed by atoms with Gasteiger partial charge in [-0.1, -0.05) is 30.7 Å². The van der Waals surface area contributed by atoms with Crippen LogP contribution in [-0.4, -0.2) is 33.4 Å². The summed E-state index contributed by atoms with van der Waals surface area (Å²) >= 11 is 0. The number of aromatic nitrogens is 2. The highest BCUT2D eigenvalue weighted by atomic mass is 16.2. The molecule has 5 fully saturated rings. The minimum absolute atomic E-state index is 0.208. The third kappa shape index (κ3) is 5.41. The molecule has 4 saturated carbocycles. The molecule has 206 valence electrons. The van der Waals surface area contributed by atoms with Gasteiger partial charge in [-0.05, 0) is 101 Å². The summed E-state index contributed by atoms with van der Waals surface area (Å²) in [5.74, 6) is 9.14. The number of unbranched alkanes of at least 4 members (excludes halogenated alkanes) is 4. The molecule has 7 heteroatoms. The van der Waals surface area contributed by atoms with Gasteiger partial charge in [0.1, 0.15) is 11.9 Å². The smallest absolute Gasteiger partial charge is 0.263 e. The van der Waals surface area contributed by atoms with Crippen LogP contribution in [0.1, 0.15) is 101 Å². The summed E-state index contributed by atoms with van der Waals surface area (Å²) in [5, 5.41) is 6.79. The first kappa shape index (κ1) is 26.3. The number of fused-ring (bicyclic) bond motifs is 1. The van der Waals surface area contributed by atoms with Crippen molar-refractivity contribution in [1.82, 2.24) is 20.2 Å². The van der Waals surface area contributed by atoms with Crippen molar-refractivity contribution in [2.75, 3.05) is 6.54 Å². The van der Waals surface area contributed by atoms with Gasteiger partial charge in [-0.25, -0.2) is 4.98 Å². The van der Waals surface area contributed by atoms with E-state index in [1.54, 1.807) is 13.0 Å². The average molecular weight is 529 g/mol. The van der Waals surface area contributed by atoms with Gasteiger partial charge in [0.15, 0.2) is 0 Å². The molecule has 0 unspecified atom stereocenters. The summed E-state index contributed by atoms with van der Waals surface area (Å²) in [6.45, 7) is 2.86. The second kappa shape index (κ2) is 10.9. The third-order valence-electron chi connectivity index (χ3n) is 9.62. The zero-order chi connectivity index (χ0) is 27.0. The maximum Gasteiger partial charge on any atom is 0.263 e. The molecule has 1 aliphatic heterocycles. The van der Waals surface area contributed by atoms with Gasteiger partial charge in [-0.3, -0.25) is 24.3 Å². The Kier molecular flexibility index (Phi) is 7.33.